The smallest absolute Gasteiger partial charge is 0.161 e. The fraction of sp³-hybridized carbons (Fsp3) is 0.600. The summed E-state index contributed by atoms with van der Waals surface area (Å²) in [6.07, 6.45) is 0. The number of ether oxygens (including phenoxy) is 2. The van der Waals surface area contributed by atoms with Crippen molar-refractivity contribution in [2.45, 2.75) is 38.6 Å². The Morgan fingerprint density at radius 3 is 2.32 bits per heavy atom. The number of rotatable bonds is 8. The average Bonchev–Trinajstić information content (AvgIpc) is 2.36. The van der Waals surface area contributed by atoms with Crippen LogP contribution in [0.15, 0.2) is 24.3 Å². The number of hydrogen-bond donors (Lipinski definition) is 1. The SMILES string of the molecule is CCOc1ccccc1OCCNC(C)(C)C(C)Cl. The Bertz CT molecular complexity index is 380. The minimum Gasteiger partial charge on any atom is -0.490 e. The van der Waals surface area contributed by atoms with Crippen molar-refractivity contribution in [3.63, 3.8) is 0 Å². The molecule has 0 spiro atoms. The van der Waals surface area contributed by atoms with Crippen molar-refractivity contribution in [3.8, 4) is 11.5 Å². The molecule has 0 saturated heterocycles. The molecule has 0 aromatic heterocycles. The van der Waals surface area contributed by atoms with E-state index in [2.05, 4.69) is 19.2 Å². The molecule has 1 aromatic rings. The average molecular weight is 286 g/mol. The first-order valence-corrected chi connectivity index (χ1v) is 7.14. The van der Waals surface area contributed by atoms with Crippen LogP contribution in [-0.2, 0) is 0 Å². The Morgan fingerprint density at radius 2 is 1.79 bits per heavy atom. The van der Waals surface area contributed by atoms with Crippen molar-refractivity contribution < 1.29 is 9.47 Å². The highest BCUT2D eigenvalue weighted by atomic mass is 35.5. The fourth-order valence-corrected chi connectivity index (χ4v) is 1.60. The second kappa shape index (κ2) is 7.61. The monoisotopic (exact) mass is 285 g/mol. The minimum atomic E-state index is -0.107. The molecular weight excluding hydrogens is 262 g/mol. The molecule has 0 aliphatic heterocycles. The lowest BCUT2D eigenvalue weighted by Gasteiger charge is -2.29. The second-order valence-corrected chi connectivity index (χ2v) is 5.65. The molecule has 0 radical (unpaired) electrons. The molecule has 0 amide bonds. The first kappa shape index (κ1) is 16.1. The van der Waals surface area contributed by atoms with Gasteiger partial charge in [-0.15, -0.1) is 11.6 Å². The zero-order valence-corrected chi connectivity index (χ0v) is 13.0. The summed E-state index contributed by atoms with van der Waals surface area (Å²) in [5.74, 6) is 1.57. The Labute approximate surface area is 121 Å². The number of hydrogen-bond acceptors (Lipinski definition) is 3. The van der Waals surface area contributed by atoms with Crippen molar-refractivity contribution in [2.24, 2.45) is 0 Å². The lowest BCUT2D eigenvalue weighted by atomic mass is 10.0. The number of para-hydroxylation sites is 2. The summed E-state index contributed by atoms with van der Waals surface area (Å²) in [4.78, 5) is 0. The quantitative estimate of drug-likeness (QED) is 0.586. The molecule has 1 atom stereocenters. The molecule has 4 heteroatoms. The highest BCUT2D eigenvalue weighted by Crippen LogP contribution is 2.26. The van der Waals surface area contributed by atoms with Crippen LogP contribution in [0.2, 0.25) is 0 Å². The first-order valence-electron chi connectivity index (χ1n) is 6.71. The van der Waals surface area contributed by atoms with E-state index < -0.39 is 0 Å². The van der Waals surface area contributed by atoms with Crippen LogP contribution in [-0.4, -0.2) is 30.7 Å². The highest BCUT2D eigenvalue weighted by molar-refractivity contribution is 6.21. The van der Waals surface area contributed by atoms with E-state index in [0.717, 1.165) is 18.0 Å². The maximum Gasteiger partial charge on any atom is 0.161 e. The minimum absolute atomic E-state index is 0.0585. The van der Waals surface area contributed by atoms with Gasteiger partial charge in [-0.25, -0.2) is 0 Å². The Kier molecular flexibility index (Phi) is 6.46. The van der Waals surface area contributed by atoms with Crippen LogP contribution < -0.4 is 14.8 Å². The molecule has 1 aromatic carbocycles. The molecule has 0 bridgehead atoms. The van der Waals surface area contributed by atoms with Crippen LogP contribution in [0.1, 0.15) is 27.7 Å². The molecule has 0 aliphatic carbocycles. The normalized spacial score (nSPS) is 13.1. The maximum absolute atomic E-state index is 6.11. The molecule has 19 heavy (non-hydrogen) atoms. The van der Waals surface area contributed by atoms with Crippen molar-refractivity contribution in [1.29, 1.82) is 0 Å². The van der Waals surface area contributed by atoms with E-state index in [9.17, 15) is 0 Å². The first-order chi connectivity index (χ1) is 8.97. The largest absolute Gasteiger partial charge is 0.490 e. The van der Waals surface area contributed by atoms with E-state index in [0.29, 0.717) is 13.2 Å². The van der Waals surface area contributed by atoms with Crippen LogP contribution in [0.4, 0.5) is 0 Å². The van der Waals surface area contributed by atoms with Crippen molar-refractivity contribution >= 4 is 11.6 Å². The summed E-state index contributed by atoms with van der Waals surface area (Å²) < 4.78 is 11.2. The van der Waals surface area contributed by atoms with Gasteiger partial charge in [0.05, 0.1) is 6.61 Å². The molecule has 0 heterocycles. The van der Waals surface area contributed by atoms with Gasteiger partial charge in [-0.1, -0.05) is 12.1 Å². The number of halogens is 1. The third kappa shape index (κ3) is 5.29. The Balaban J connectivity index is 2.41. The van der Waals surface area contributed by atoms with E-state index in [1.54, 1.807) is 0 Å². The molecule has 1 unspecified atom stereocenters. The summed E-state index contributed by atoms with van der Waals surface area (Å²) >= 11 is 6.11. The van der Waals surface area contributed by atoms with E-state index in [-0.39, 0.29) is 10.9 Å². The molecule has 1 rings (SSSR count). The molecular formula is C15H24ClNO2. The molecule has 3 nitrogen and oxygen atoms in total. The Morgan fingerprint density at radius 1 is 1.21 bits per heavy atom. The van der Waals surface area contributed by atoms with Gasteiger partial charge in [0.15, 0.2) is 11.5 Å². The van der Waals surface area contributed by atoms with E-state index in [1.165, 1.54) is 0 Å². The summed E-state index contributed by atoms with van der Waals surface area (Å²) in [5.41, 5.74) is -0.107. The van der Waals surface area contributed by atoms with Gasteiger partial charge in [-0.3, -0.25) is 0 Å². The van der Waals surface area contributed by atoms with Crippen molar-refractivity contribution in [2.75, 3.05) is 19.8 Å². The van der Waals surface area contributed by atoms with Gasteiger partial charge in [0.1, 0.15) is 6.61 Å². The number of nitrogens with one attached hydrogen (secondary N) is 1. The summed E-state index contributed by atoms with van der Waals surface area (Å²) in [6.45, 7) is 10.1. The molecule has 0 aliphatic rings. The predicted molar refractivity (Wildman–Crippen MR) is 80.5 cm³/mol. The van der Waals surface area contributed by atoms with Crippen LogP contribution in [0.25, 0.3) is 0 Å². The molecule has 0 saturated carbocycles. The lowest BCUT2D eigenvalue weighted by molar-refractivity contribution is 0.260. The molecule has 0 fully saturated rings. The zero-order valence-electron chi connectivity index (χ0n) is 12.2. The highest BCUT2D eigenvalue weighted by Gasteiger charge is 2.22. The van der Waals surface area contributed by atoms with Crippen LogP contribution >= 0.6 is 11.6 Å². The standard InChI is InChI=1S/C15H24ClNO2/c1-5-18-13-8-6-7-9-14(13)19-11-10-17-15(3,4)12(2)16/h6-9,12,17H,5,10-11H2,1-4H3. The second-order valence-electron chi connectivity index (χ2n) is 4.99. The van der Waals surface area contributed by atoms with E-state index in [4.69, 9.17) is 21.1 Å². The predicted octanol–water partition coefficient (Wildman–Crippen LogP) is 3.46. The molecule has 1 N–H and O–H groups in total. The zero-order chi connectivity index (χ0) is 14.3. The lowest BCUT2D eigenvalue weighted by Crippen LogP contribution is -2.47. The third-order valence-electron chi connectivity index (χ3n) is 3.08. The van der Waals surface area contributed by atoms with Gasteiger partial charge >= 0.3 is 0 Å². The summed E-state index contributed by atoms with van der Waals surface area (Å²) in [5, 5.41) is 3.44. The van der Waals surface area contributed by atoms with Gasteiger partial charge in [0.2, 0.25) is 0 Å². The number of benzene rings is 1. The maximum atomic E-state index is 6.11. The van der Waals surface area contributed by atoms with Gasteiger partial charge in [0.25, 0.3) is 0 Å². The number of alkyl halides is 1. The van der Waals surface area contributed by atoms with Crippen molar-refractivity contribution in [1.82, 2.24) is 5.32 Å². The van der Waals surface area contributed by atoms with Crippen LogP contribution in [0.5, 0.6) is 11.5 Å². The van der Waals surface area contributed by atoms with E-state index >= 15 is 0 Å². The molecule has 108 valence electrons. The Hall–Kier alpha value is -0.930. The third-order valence-corrected chi connectivity index (χ3v) is 3.63. The van der Waals surface area contributed by atoms with Gasteiger partial charge in [0, 0.05) is 17.5 Å². The summed E-state index contributed by atoms with van der Waals surface area (Å²) in [6, 6.07) is 7.71. The van der Waals surface area contributed by atoms with Crippen molar-refractivity contribution in [3.05, 3.63) is 24.3 Å². The van der Waals surface area contributed by atoms with E-state index in [1.807, 2.05) is 38.1 Å². The van der Waals surface area contributed by atoms with Gasteiger partial charge < -0.3 is 14.8 Å². The topological polar surface area (TPSA) is 30.5 Å². The van der Waals surface area contributed by atoms with Crippen LogP contribution in [0.3, 0.4) is 0 Å². The van der Waals surface area contributed by atoms with Crippen LogP contribution in [0, 0.1) is 0 Å². The summed E-state index contributed by atoms with van der Waals surface area (Å²) in [7, 11) is 0. The van der Waals surface area contributed by atoms with Gasteiger partial charge in [-0.2, -0.15) is 0 Å². The van der Waals surface area contributed by atoms with Gasteiger partial charge in [-0.05, 0) is 39.8 Å². The fourth-order valence-electron chi connectivity index (χ4n) is 1.52.